The molecule has 0 aromatic heterocycles. The van der Waals surface area contributed by atoms with Gasteiger partial charge in [0.2, 0.25) is 5.91 Å². The van der Waals surface area contributed by atoms with Crippen molar-refractivity contribution in [3.63, 3.8) is 0 Å². The third-order valence-electron chi connectivity index (χ3n) is 4.65. The predicted octanol–water partition coefficient (Wildman–Crippen LogP) is 1.39. The highest BCUT2D eigenvalue weighted by molar-refractivity contribution is 5.79. The van der Waals surface area contributed by atoms with Gasteiger partial charge in [0.1, 0.15) is 0 Å². The van der Waals surface area contributed by atoms with Crippen LogP contribution in [0.25, 0.3) is 0 Å². The molecule has 0 aromatic rings. The molecule has 4 atom stereocenters. The zero-order chi connectivity index (χ0) is 13.1. The van der Waals surface area contributed by atoms with Crippen molar-refractivity contribution in [1.29, 1.82) is 0 Å². The Bertz CT molecular complexity index is 296. The molecular weight excluding hydrogens is 228 g/mol. The molecule has 104 valence electrons. The predicted molar refractivity (Wildman–Crippen MR) is 71.1 cm³/mol. The summed E-state index contributed by atoms with van der Waals surface area (Å²) in [5.41, 5.74) is 5.74. The number of hydrogen-bond donors (Lipinski definition) is 1. The molecule has 18 heavy (non-hydrogen) atoms. The standard InChI is InChI=1S/C14H26N2O2/c1-10-13(6-7-18-10)16(2)14(17)12-5-3-4-11(8-12)9-15/h10-13H,3-9,15H2,1-2H3. The van der Waals surface area contributed by atoms with Gasteiger partial charge in [0.25, 0.3) is 0 Å². The van der Waals surface area contributed by atoms with Crippen LogP contribution in [0.5, 0.6) is 0 Å². The molecule has 1 saturated heterocycles. The number of carbonyl (C=O) groups is 1. The number of ether oxygens (including phenoxy) is 1. The summed E-state index contributed by atoms with van der Waals surface area (Å²) in [4.78, 5) is 14.5. The molecular formula is C14H26N2O2. The van der Waals surface area contributed by atoms with Gasteiger partial charge in [-0.15, -0.1) is 0 Å². The average Bonchev–Trinajstić information content (AvgIpc) is 2.83. The molecule has 4 nitrogen and oxygen atoms in total. The van der Waals surface area contributed by atoms with E-state index in [1.807, 2.05) is 11.9 Å². The highest BCUT2D eigenvalue weighted by Gasteiger charge is 2.35. The fourth-order valence-corrected chi connectivity index (χ4v) is 3.41. The van der Waals surface area contributed by atoms with Crippen LogP contribution in [0.1, 0.15) is 39.0 Å². The van der Waals surface area contributed by atoms with E-state index in [4.69, 9.17) is 10.5 Å². The molecule has 0 spiro atoms. The lowest BCUT2D eigenvalue weighted by molar-refractivity contribution is -0.138. The minimum Gasteiger partial charge on any atom is -0.376 e. The molecule has 0 radical (unpaired) electrons. The topological polar surface area (TPSA) is 55.6 Å². The lowest BCUT2D eigenvalue weighted by Gasteiger charge is -2.34. The van der Waals surface area contributed by atoms with Crippen LogP contribution in [-0.2, 0) is 9.53 Å². The molecule has 2 rings (SSSR count). The van der Waals surface area contributed by atoms with Gasteiger partial charge in [0.15, 0.2) is 0 Å². The summed E-state index contributed by atoms with van der Waals surface area (Å²) in [6, 6.07) is 0.260. The molecule has 1 amide bonds. The van der Waals surface area contributed by atoms with E-state index in [1.54, 1.807) is 0 Å². The second kappa shape index (κ2) is 6.02. The first kappa shape index (κ1) is 13.8. The van der Waals surface area contributed by atoms with Crippen molar-refractivity contribution in [3.05, 3.63) is 0 Å². The third kappa shape index (κ3) is 2.86. The largest absolute Gasteiger partial charge is 0.376 e. The molecule has 0 bridgehead atoms. The smallest absolute Gasteiger partial charge is 0.225 e. The molecule has 1 saturated carbocycles. The van der Waals surface area contributed by atoms with Crippen molar-refractivity contribution in [2.45, 2.75) is 51.2 Å². The zero-order valence-electron chi connectivity index (χ0n) is 11.6. The van der Waals surface area contributed by atoms with Gasteiger partial charge in [-0.3, -0.25) is 4.79 Å². The molecule has 0 aromatic carbocycles. The highest BCUT2D eigenvalue weighted by Crippen LogP contribution is 2.31. The maximum atomic E-state index is 12.5. The average molecular weight is 254 g/mol. The monoisotopic (exact) mass is 254 g/mol. The van der Waals surface area contributed by atoms with E-state index in [0.29, 0.717) is 11.8 Å². The fourth-order valence-electron chi connectivity index (χ4n) is 3.41. The van der Waals surface area contributed by atoms with E-state index in [0.717, 1.165) is 38.8 Å². The Morgan fingerprint density at radius 3 is 2.78 bits per heavy atom. The van der Waals surface area contributed by atoms with Crippen LogP contribution in [0.3, 0.4) is 0 Å². The summed E-state index contributed by atoms with van der Waals surface area (Å²) in [7, 11) is 1.93. The van der Waals surface area contributed by atoms with Crippen molar-refractivity contribution in [3.8, 4) is 0 Å². The number of carbonyl (C=O) groups excluding carboxylic acids is 1. The van der Waals surface area contributed by atoms with Gasteiger partial charge in [-0.25, -0.2) is 0 Å². The van der Waals surface area contributed by atoms with Gasteiger partial charge in [-0.1, -0.05) is 6.42 Å². The van der Waals surface area contributed by atoms with Crippen LogP contribution in [0.15, 0.2) is 0 Å². The molecule has 2 fully saturated rings. The number of nitrogens with zero attached hydrogens (tertiary/aromatic N) is 1. The van der Waals surface area contributed by atoms with Crippen LogP contribution in [0.4, 0.5) is 0 Å². The van der Waals surface area contributed by atoms with Crippen LogP contribution < -0.4 is 5.73 Å². The van der Waals surface area contributed by atoms with E-state index >= 15 is 0 Å². The van der Waals surface area contributed by atoms with Gasteiger partial charge in [-0.2, -0.15) is 0 Å². The summed E-state index contributed by atoms with van der Waals surface area (Å²) in [5.74, 6) is 1.03. The second-order valence-corrected chi connectivity index (χ2v) is 5.85. The Morgan fingerprint density at radius 1 is 1.39 bits per heavy atom. The fraction of sp³-hybridized carbons (Fsp3) is 0.929. The molecule has 1 aliphatic heterocycles. The van der Waals surface area contributed by atoms with E-state index in [2.05, 4.69) is 6.92 Å². The number of nitrogens with two attached hydrogens (primary N) is 1. The molecule has 4 heteroatoms. The number of likely N-dealkylation sites (N-methyl/N-ethyl adjacent to an activating group) is 1. The van der Waals surface area contributed by atoms with Gasteiger partial charge in [0, 0.05) is 19.6 Å². The highest BCUT2D eigenvalue weighted by atomic mass is 16.5. The Labute approximate surface area is 110 Å². The number of rotatable bonds is 3. The second-order valence-electron chi connectivity index (χ2n) is 5.85. The van der Waals surface area contributed by atoms with Crippen molar-refractivity contribution >= 4 is 5.91 Å². The molecule has 2 aliphatic rings. The summed E-state index contributed by atoms with van der Waals surface area (Å²) < 4.78 is 5.55. The Balaban J connectivity index is 1.93. The van der Waals surface area contributed by atoms with Crippen LogP contribution >= 0.6 is 0 Å². The summed E-state index contributed by atoms with van der Waals surface area (Å²) in [5, 5.41) is 0. The molecule has 2 N–H and O–H groups in total. The first-order valence-electron chi connectivity index (χ1n) is 7.21. The first-order chi connectivity index (χ1) is 8.63. The van der Waals surface area contributed by atoms with Gasteiger partial charge >= 0.3 is 0 Å². The lowest BCUT2D eigenvalue weighted by atomic mass is 9.80. The van der Waals surface area contributed by atoms with Crippen molar-refractivity contribution < 1.29 is 9.53 Å². The Hall–Kier alpha value is -0.610. The van der Waals surface area contributed by atoms with Crippen LogP contribution in [-0.4, -0.2) is 43.2 Å². The Kier molecular flexibility index (Phi) is 4.62. The van der Waals surface area contributed by atoms with Crippen molar-refractivity contribution in [2.75, 3.05) is 20.2 Å². The van der Waals surface area contributed by atoms with Crippen molar-refractivity contribution in [1.82, 2.24) is 4.90 Å². The van der Waals surface area contributed by atoms with E-state index in [1.165, 1.54) is 6.42 Å². The number of hydrogen-bond acceptors (Lipinski definition) is 3. The quantitative estimate of drug-likeness (QED) is 0.828. The molecule has 1 aliphatic carbocycles. The third-order valence-corrected chi connectivity index (χ3v) is 4.65. The first-order valence-corrected chi connectivity index (χ1v) is 7.21. The zero-order valence-corrected chi connectivity index (χ0v) is 11.6. The summed E-state index contributed by atoms with van der Waals surface area (Å²) in [6.07, 6.45) is 5.48. The van der Waals surface area contributed by atoms with E-state index in [9.17, 15) is 4.79 Å². The van der Waals surface area contributed by atoms with E-state index in [-0.39, 0.29) is 18.1 Å². The minimum absolute atomic E-state index is 0.174. The van der Waals surface area contributed by atoms with Gasteiger partial charge in [0.05, 0.1) is 12.1 Å². The van der Waals surface area contributed by atoms with Crippen LogP contribution in [0, 0.1) is 11.8 Å². The van der Waals surface area contributed by atoms with Gasteiger partial charge in [-0.05, 0) is 45.1 Å². The SMILES string of the molecule is CC1OCCC1N(C)C(=O)C1CCCC(CN)C1. The van der Waals surface area contributed by atoms with E-state index < -0.39 is 0 Å². The van der Waals surface area contributed by atoms with Crippen molar-refractivity contribution in [2.24, 2.45) is 17.6 Å². The summed E-state index contributed by atoms with van der Waals surface area (Å²) >= 11 is 0. The molecule has 1 heterocycles. The normalized spacial score (nSPS) is 36.6. The minimum atomic E-state index is 0.174. The van der Waals surface area contributed by atoms with Gasteiger partial charge < -0.3 is 15.4 Å². The molecule has 4 unspecified atom stereocenters. The van der Waals surface area contributed by atoms with Crippen LogP contribution in [0.2, 0.25) is 0 Å². The Morgan fingerprint density at radius 2 is 2.17 bits per heavy atom. The maximum Gasteiger partial charge on any atom is 0.225 e. The maximum absolute atomic E-state index is 12.5. The lowest BCUT2D eigenvalue weighted by Crippen LogP contribution is -2.45. The number of amides is 1. The summed E-state index contributed by atoms with van der Waals surface area (Å²) in [6.45, 7) is 3.56.